The molecule has 0 spiro atoms. The number of nitrogen functional groups attached to an aromatic ring is 1. The van der Waals surface area contributed by atoms with Crippen LogP contribution >= 0.6 is 11.8 Å². The fourth-order valence-corrected chi connectivity index (χ4v) is 2.22. The molecule has 0 radical (unpaired) electrons. The number of hydrogen-bond donors (Lipinski definition) is 1. The predicted molar refractivity (Wildman–Crippen MR) is 68.1 cm³/mol. The standard InChI is InChI=1S/C12H17NO2S/c1-9(14)11-5-4-10(8-12(11)13)16-7-3-6-15-2/h4-5,8H,3,6-7,13H2,1-2H3. The predicted octanol–water partition coefficient (Wildman–Crippen LogP) is 2.60. The molecule has 4 heteroatoms. The Kier molecular flexibility index (Phi) is 5.35. The fourth-order valence-electron chi connectivity index (χ4n) is 1.34. The Balaban J connectivity index is 2.56. The lowest BCUT2D eigenvalue weighted by Crippen LogP contribution is -1.99. The summed E-state index contributed by atoms with van der Waals surface area (Å²) in [4.78, 5) is 12.3. The van der Waals surface area contributed by atoms with Gasteiger partial charge >= 0.3 is 0 Å². The molecule has 0 fully saturated rings. The highest BCUT2D eigenvalue weighted by molar-refractivity contribution is 7.99. The summed E-state index contributed by atoms with van der Waals surface area (Å²) in [5.41, 5.74) is 6.95. The minimum atomic E-state index is 0.00781. The van der Waals surface area contributed by atoms with Gasteiger partial charge in [-0.15, -0.1) is 11.8 Å². The highest BCUT2D eigenvalue weighted by Gasteiger charge is 2.05. The largest absolute Gasteiger partial charge is 0.398 e. The first kappa shape index (κ1) is 13.1. The second-order valence-electron chi connectivity index (χ2n) is 3.50. The number of benzene rings is 1. The van der Waals surface area contributed by atoms with Crippen molar-refractivity contribution in [2.75, 3.05) is 25.2 Å². The highest BCUT2D eigenvalue weighted by Crippen LogP contribution is 2.23. The van der Waals surface area contributed by atoms with Crippen molar-refractivity contribution in [3.63, 3.8) is 0 Å². The number of ether oxygens (including phenoxy) is 1. The Morgan fingerprint density at radius 3 is 2.81 bits per heavy atom. The van der Waals surface area contributed by atoms with Crippen molar-refractivity contribution in [2.24, 2.45) is 0 Å². The van der Waals surface area contributed by atoms with Gasteiger partial charge in [0.2, 0.25) is 0 Å². The number of carbonyl (C=O) groups excluding carboxylic acids is 1. The molecule has 1 aromatic carbocycles. The van der Waals surface area contributed by atoms with Crippen LogP contribution in [0.25, 0.3) is 0 Å². The molecule has 88 valence electrons. The minimum absolute atomic E-state index is 0.00781. The topological polar surface area (TPSA) is 52.3 Å². The van der Waals surface area contributed by atoms with E-state index in [0.717, 1.165) is 23.7 Å². The maximum Gasteiger partial charge on any atom is 0.161 e. The zero-order chi connectivity index (χ0) is 12.0. The smallest absolute Gasteiger partial charge is 0.161 e. The Morgan fingerprint density at radius 2 is 2.25 bits per heavy atom. The van der Waals surface area contributed by atoms with Gasteiger partial charge in [-0.1, -0.05) is 0 Å². The Bertz CT molecular complexity index is 366. The van der Waals surface area contributed by atoms with Crippen LogP contribution in [0.4, 0.5) is 5.69 Å². The van der Waals surface area contributed by atoms with Gasteiger partial charge in [0.25, 0.3) is 0 Å². The first-order valence-corrected chi connectivity index (χ1v) is 6.16. The molecular weight excluding hydrogens is 222 g/mol. The van der Waals surface area contributed by atoms with E-state index in [2.05, 4.69) is 0 Å². The van der Waals surface area contributed by atoms with Crippen LogP contribution in [0.3, 0.4) is 0 Å². The summed E-state index contributed by atoms with van der Waals surface area (Å²) in [5, 5.41) is 0. The van der Waals surface area contributed by atoms with Crippen molar-refractivity contribution in [2.45, 2.75) is 18.2 Å². The molecule has 16 heavy (non-hydrogen) atoms. The van der Waals surface area contributed by atoms with Crippen molar-refractivity contribution in [3.8, 4) is 0 Å². The minimum Gasteiger partial charge on any atom is -0.398 e. The van der Waals surface area contributed by atoms with Gasteiger partial charge in [-0.05, 0) is 31.5 Å². The van der Waals surface area contributed by atoms with Gasteiger partial charge in [0.15, 0.2) is 5.78 Å². The summed E-state index contributed by atoms with van der Waals surface area (Å²) in [7, 11) is 1.70. The molecule has 0 aliphatic carbocycles. The normalized spacial score (nSPS) is 10.4. The summed E-state index contributed by atoms with van der Waals surface area (Å²) in [6, 6.07) is 5.58. The van der Waals surface area contributed by atoms with E-state index in [9.17, 15) is 4.79 Å². The van der Waals surface area contributed by atoms with Crippen LogP contribution in [0.15, 0.2) is 23.1 Å². The molecule has 0 unspecified atom stereocenters. The number of anilines is 1. The number of hydrogen-bond acceptors (Lipinski definition) is 4. The molecule has 1 aromatic rings. The van der Waals surface area contributed by atoms with Gasteiger partial charge < -0.3 is 10.5 Å². The van der Waals surface area contributed by atoms with E-state index < -0.39 is 0 Å². The Hall–Kier alpha value is -1.00. The summed E-state index contributed by atoms with van der Waals surface area (Å²) < 4.78 is 4.97. The third kappa shape index (κ3) is 3.87. The van der Waals surface area contributed by atoms with Gasteiger partial charge in [-0.3, -0.25) is 4.79 Å². The molecular formula is C12H17NO2S. The van der Waals surface area contributed by atoms with Crippen molar-refractivity contribution in [1.29, 1.82) is 0 Å². The number of thioether (sulfide) groups is 1. The fraction of sp³-hybridized carbons (Fsp3) is 0.417. The van der Waals surface area contributed by atoms with Crippen molar-refractivity contribution in [3.05, 3.63) is 23.8 Å². The van der Waals surface area contributed by atoms with E-state index >= 15 is 0 Å². The first-order chi connectivity index (χ1) is 7.65. The number of carbonyl (C=O) groups is 1. The Morgan fingerprint density at radius 1 is 1.50 bits per heavy atom. The summed E-state index contributed by atoms with van der Waals surface area (Å²) in [5.74, 6) is 1.00. The molecule has 0 aliphatic heterocycles. The van der Waals surface area contributed by atoms with Crippen LogP contribution in [0, 0.1) is 0 Å². The Labute approximate surface area is 100 Å². The number of ketones is 1. The molecule has 0 heterocycles. The molecule has 0 aromatic heterocycles. The molecule has 0 atom stereocenters. The number of nitrogens with two attached hydrogens (primary N) is 1. The van der Waals surface area contributed by atoms with Crippen LogP contribution in [-0.2, 0) is 4.74 Å². The average molecular weight is 239 g/mol. The van der Waals surface area contributed by atoms with Gasteiger partial charge in [0.1, 0.15) is 0 Å². The zero-order valence-electron chi connectivity index (χ0n) is 9.66. The van der Waals surface area contributed by atoms with E-state index in [-0.39, 0.29) is 5.78 Å². The van der Waals surface area contributed by atoms with Crippen LogP contribution in [0.5, 0.6) is 0 Å². The monoisotopic (exact) mass is 239 g/mol. The molecule has 0 aliphatic rings. The molecule has 0 amide bonds. The van der Waals surface area contributed by atoms with E-state index in [1.54, 1.807) is 24.9 Å². The van der Waals surface area contributed by atoms with Gasteiger partial charge in [0.05, 0.1) is 0 Å². The van der Waals surface area contributed by atoms with Crippen molar-refractivity contribution < 1.29 is 9.53 Å². The van der Waals surface area contributed by atoms with Crippen LogP contribution in [0.1, 0.15) is 23.7 Å². The third-order valence-corrected chi connectivity index (χ3v) is 3.24. The maximum absolute atomic E-state index is 11.2. The summed E-state index contributed by atoms with van der Waals surface area (Å²) >= 11 is 1.72. The van der Waals surface area contributed by atoms with Crippen LogP contribution in [-0.4, -0.2) is 25.3 Å². The van der Waals surface area contributed by atoms with E-state index in [1.165, 1.54) is 6.92 Å². The quantitative estimate of drug-likeness (QED) is 0.359. The molecule has 3 nitrogen and oxygen atoms in total. The molecule has 0 saturated carbocycles. The van der Waals surface area contributed by atoms with Crippen molar-refractivity contribution >= 4 is 23.2 Å². The zero-order valence-corrected chi connectivity index (χ0v) is 10.5. The summed E-state index contributed by atoms with van der Waals surface area (Å²) in [6.07, 6.45) is 1.01. The molecule has 0 bridgehead atoms. The summed E-state index contributed by atoms with van der Waals surface area (Å²) in [6.45, 7) is 2.30. The highest BCUT2D eigenvalue weighted by atomic mass is 32.2. The number of rotatable bonds is 6. The maximum atomic E-state index is 11.2. The lowest BCUT2D eigenvalue weighted by atomic mass is 10.1. The van der Waals surface area contributed by atoms with Gasteiger partial charge in [0, 0.05) is 35.6 Å². The number of Topliss-reactive ketones (excluding diaryl/α,β-unsaturated/α-hetero) is 1. The van der Waals surface area contributed by atoms with Crippen LogP contribution < -0.4 is 5.73 Å². The second-order valence-corrected chi connectivity index (χ2v) is 4.67. The van der Waals surface area contributed by atoms with E-state index in [4.69, 9.17) is 10.5 Å². The van der Waals surface area contributed by atoms with E-state index in [1.807, 2.05) is 12.1 Å². The van der Waals surface area contributed by atoms with Crippen molar-refractivity contribution in [1.82, 2.24) is 0 Å². The molecule has 1 rings (SSSR count). The first-order valence-electron chi connectivity index (χ1n) is 5.17. The number of methoxy groups -OCH3 is 1. The lowest BCUT2D eigenvalue weighted by molar-refractivity contribution is 0.101. The lowest BCUT2D eigenvalue weighted by Gasteiger charge is -2.05. The molecule has 2 N–H and O–H groups in total. The second kappa shape index (κ2) is 6.55. The third-order valence-electron chi connectivity index (χ3n) is 2.16. The average Bonchev–Trinajstić information content (AvgIpc) is 2.24. The van der Waals surface area contributed by atoms with Gasteiger partial charge in [-0.25, -0.2) is 0 Å². The SMILES string of the molecule is COCCCSc1ccc(C(C)=O)c(N)c1. The van der Waals surface area contributed by atoms with Gasteiger partial charge in [-0.2, -0.15) is 0 Å². The van der Waals surface area contributed by atoms with E-state index in [0.29, 0.717) is 11.3 Å². The molecule has 0 saturated heterocycles. The van der Waals surface area contributed by atoms with Crippen LogP contribution in [0.2, 0.25) is 0 Å².